The van der Waals surface area contributed by atoms with E-state index in [9.17, 15) is 0 Å². The van der Waals surface area contributed by atoms with Gasteiger partial charge in [0.15, 0.2) is 0 Å². The van der Waals surface area contributed by atoms with Crippen LogP contribution in [0, 0.1) is 0 Å². The third-order valence-electron chi connectivity index (χ3n) is 2.00. The lowest BCUT2D eigenvalue weighted by molar-refractivity contribution is 0.787. The number of rotatable bonds is 4. The fourth-order valence-electron chi connectivity index (χ4n) is 1.28. The van der Waals surface area contributed by atoms with E-state index in [0.29, 0.717) is 16.0 Å². The Morgan fingerprint density at radius 1 is 1.50 bits per heavy atom. The molecular formula is C11H16ClNS. The zero-order valence-electron chi connectivity index (χ0n) is 8.59. The SMILES string of the molecule is CCCC(C)Sc1ccc(N)c(Cl)c1. The van der Waals surface area contributed by atoms with Crippen molar-refractivity contribution in [1.82, 2.24) is 0 Å². The molecule has 0 aliphatic rings. The molecule has 1 aromatic rings. The molecule has 0 spiro atoms. The van der Waals surface area contributed by atoms with Gasteiger partial charge in [0.25, 0.3) is 0 Å². The Hall–Kier alpha value is -0.340. The molecule has 3 heteroatoms. The van der Waals surface area contributed by atoms with E-state index < -0.39 is 0 Å². The summed E-state index contributed by atoms with van der Waals surface area (Å²) in [6, 6.07) is 5.83. The van der Waals surface area contributed by atoms with Crippen LogP contribution in [0.25, 0.3) is 0 Å². The first-order valence-corrected chi connectivity index (χ1v) is 6.11. The molecular weight excluding hydrogens is 214 g/mol. The van der Waals surface area contributed by atoms with Crippen molar-refractivity contribution in [2.75, 3.05) is 5.73 Å². The first kappa shape index (κ1) is 11.7. The van der Waals surface area contributed by atoms with Crippen LogP contribution in [0.5, 0.6) is 0 Å². The molecule has 0 aromatic heterocycles. The van der Waals surface area contributed by atoms with Crippen molar-refractivity contribution in [3.8, 4) is 0 Å². The van der Waals surface area contributed by atoms with Gasteiger partial charge in [-0.1, -0.05) is 31.9 Å². The second-order valence-corrected chi connectivity index (χ2v) is 5.32. The molecule has 0 fully saturated rings. The minimum absolute atomic E-state index is 0.639. The van der Waals surface area contributed by atoms with Gasteiger partial charge in [0.05, 0.1) is 10.7 Å². The van der Waals surface area contributed by atoms with Crippen molar-refractivity contribution >= 4 is 29.1 Å². The van der Waals surface area contributed by atoms with Gasteiger partial charge >= 0.3 is 0 Å². The molecule has 0 bridgehead atoms. The molecule has 1 nitrogen and oxygen atoms in total. The van der Waals surface area contributed by atoms with E-state index >= 15 is 0 Å². The van der Waals surface area contributed by atoms with Crippen LogP contribution in [0.15, 0.2) is 23.1 Å². The molecule has 0 saturated carbocycles. The van der Waals surface area contributed by atoms with Gasteiger partial charge in [-0.15, -0.1) is 11.8 Å². The van der Waals surface area contributed by atoms with E-state index in [2.05, 4.69) is 13.8 Å². The highest BCUT2D eigenvalue weighted by Gasteiger charge is 2.04. The number of hydrogen-bond acceptors (Lipinski definition) is 2. The summed E-state index contributed by atoms with van der Waals surface area (Å²) in [5, 5.41) is 1.29. The summed E-state index contributed by atoms with van der Waals surface area (Å²) in [6.07, 6.45) is 2.45. The van der Waals surface area contributed by atoms with Gasteiger partial charge in [0.2, 0.25) is 0 Å². The lowest BCUT2D eigenvalue weighted by Crippen LogP contribution is -1.94. The molecule has 0 heterocycles. The lowest BCUT2D eigenvalue weighted by atomic mass is 10.3. The summed E-state index contributed by atoms with van der Waals surface area (Å²) in [6.45, 7) is 4.44. The third-order valence-corrected chi connectivity index (χ3v) is 3.50. The van der Waals surface area contributed by atoms with Gasteiger partial charge in [-0.2, -0.15) is 0 Å². The Balaban J connectivity index is 2.63. The minimum atomic E-state index is 0.639. The number of anilines is 1. The van der Waals surface area contributed by atoms with E-state index in [0.717, 1.165) is 0 Å². The van der Waals surface area contributed by atoms with Crippen LogP contribution in [0.4, 0.5) is 5.69 Å². The highest BCUT2D eigenvalue weighted by molar-refractivity contribution is 7.99. The molecule has 0 aliphatic heterocycles. The molecule has 0 amide bonds. The summed E-state index contributed by atoms with van der Waals surface area (Å²) < 4.78 is 0. The number of halogens is 1. The van der Waals surface area contributed by atoms with Gasteiger partial charge < -0.3 is 5.73 Å². The van der Waals surface area contributed by atoms with Gasteiger partial charge in [-0.25, -0.2) is 0 Å². The zero-order chi connectivity index (χ0) is 10.6. The molecule has 1 aromatic carbocycles. The molecule has 1 atom stereocenters. The van der Waals surface area contributed by atoms with Crippen LogP contribution in [0.2, 0.25) is 5.02 Å². The monoisotopic (exact) mass is 229 g/mol. The standard InChI is InChI=1S/C11H16ClNS/c1-3-4-8(2)14-9-5-6-11(13)10(12)7-9/h5-8H,3-4,13H2,1-2H3. The summed E-state index contributed by atoms with van der Waals surface area (Å²) in [5.41, 5.74) is 6.29. The Morgan fingerprint density at radius 3 is 2.79 bits per heavy atom. The minimum Gasteiger partial charge on any atom is -0.398 e. The van der Waals surface area contributed by atoms with Gasteiger partial charge in [0.1, 0.15) is 0 Å². The number of hydrogen-bond donors (Lipinski definition) is 1. The number of nitrogens with two attached hydrogens (primary N) is 1. The van der Waals surface area contributed by atoms with Crippen molar-refractivity contribution in [2.45, 2.75) is 36.8 Å². The number of nitrogen functional groups attached to an aromatic ring is 1. The van der Waals surface area contributed by atoms with E-state index in [1.54, 1.807) is 0 Å². The van der Waals surface area contributed by atoms with Gasteiger partial charge in [-0.3, -0.25) is 0 Å². The maximum absolute atomic E-state index is 5.94. The molecule has 2 N–H and O–H groups in total. The largest absolute Gasteiger partial charge is 0.398 e. The van der Waals surface area contributed by atoms with E-state index in [1.807, 2.05) is 30.0 Å². The van der Waals surface area contributed by atoms with E-state index in [-0.39, 0.29) is 0 Å². The van der Waals surface area contributed by atoms with Gasteiger partial charge in [-0.05, 0) is 24.6 Å². The topological polar surface area (TPSA) is 26.0 Å². The first-order chi connectivity index (χ1) is 6.63. The van der Waals surface area contributed by atoms with E-state index in [1.165, 1.54) is 17.7 Å². The van der Waals surface area contributed by atoms with Crippen LogP contribution in [0.1, 0.15) is 26.7 Å². The van der Waals surface area contributed by atoms with Gasteiger partial charge in [0, 0.05) is 10.1 Å². The average Bonchev–Trinajstić information content (AvgIpc) is 2.12. The molecule has 0 saturated heterocycles. The highest BCUT2D eigenvalue weighted by Crippen LogP contribution is 2.30. The maximum Gasteiger partial charge on any atom is 0.0646 e. The fourth-order valence-corrected chi connectivity index (χ4v) is 2.67. The third kappa shape index (κ3) is 3.43. The summed E-state index contributed by atoms with van der Waals surface area (Å²) in [5.74, 6) is 0. The predicted octanol–water partition coefficient (Wildman–Crippen LogP) is 4.20. The molecule has 1 rings (SSSR count). The quantitative estimate of drug-likeness (QED) is 0.619. The number of benzene rings is 1. The van der Waals surface area contributed by atoms with Crippen molar-refractivity contribution in [1.29, 1.82) is 0 Å². The Labute approximate surface area is 95.0 Å². The van der Waals surface area contributed by atoms with Crippen LogP contribution in [0.3, 0.4) is 0 Å². The molecule has 1 unspecified atom stereocenters. The predicted molar refractivity (Wildman–Crippen MR) is 66.1 cm³/mol. The molecule has 78 valence electrons. The summed E-state index contributed by atoms with van der Waals surface area (Å²) in [4.78, 5) is 1.20. The second kappa shape index (κ2) is 5.52. The zero-order valence-corrected chi connectivity index (χ0v) is 10.2. The normalized spacial score (nSPS) is 12.8. The number of thioether (sulfide) groups is 1. The van der Waals surface area contributed by atoms with Crippen LogP contribution < -0.4 is 5.73 Å². The maximum atomic E-state index is 5.94. The van der Waals surface area contributed by atoms with Crippen LogP contribution in [-0.4, -0.2) is 5.25 Å². The molecule has 14 heavy (non-hydrogen) atoms. The van der Waals surface area contributed by atoms with Crippen LogP contribution in [-0.2, 0) is 0 Å². The van der Waals surface area contributed by atoms with Crippen molar-refractivity contribution in [2.24, 2.45) is 0 Å². The second-order valence-electron chi connectivity index (χ2n) is 3.40. The first-order valence-electron chi connectivity index (χ1n) is 4.85. The van der Waals surface area contributed by atoms with Crippen molar-refractivity contribution < 1.29 is 0 Å². The molecule has 0 aliphatic carbocycles. The van der Waals surface area contributed by atoms with Crippen molar-refractivity contribution in [3.63, 3.8) is 0 Å². The van der Waals surface area contributed by atoms with Crippen molar-refractivity contribution in [3.05, 3.63) is 23.2 Å². The fraction of sp³-hybridized carbons (Fsp3) is 0.455. The van der Waals surface area contributed by atoms with Crippen LogP contribution >= 0.6 is 23.4 Å². The van der Waals surface area contributed by atoms with E-state index in [4.69, 9.17) is 17.3 Å². The smallest absolute Gasteiger partial charge is 0.0646 e. The Bertz CT molecular complexity index is 301. The molecule has 0 radical (unpaired) electrons. The average molecular weight is 230 g/mol. The lowest BCUT2D eigenvalue weighted by Gasteiger charge is -2.10. The summed E-state index contributed by atoms with van der Waals surface area (Å²) in [7, 11) is 0. The Morgan fingerprint density at radius 2 is 2.21 bits per heavy atom. The summed E-state index contributed by atoms with van der Waals surface area (Å²) >= 11 is 7.79. The highest BCUT2D eigenvalue weighted by atomic mass is 35.5. The Kier molecular flexibility index (Phi) is 4.63.